The van der Waals surface area contributed by atoms with Crippen LogP contribution in [0, 0.1) is 0 Å². The fourth-order valence-corrected chi connectivity index (χ4v) is 2.79. The second kappa shape index (κ2) is 12.5. The topological polar surface area (TPSA) is 52.6 Å². The van der Waals surface area contributed by atoms with E-state index in [1.54, 1.807) is 12.1 Å². The predicted octanol–water partition coefficient (Wildman–Crippen LogP) is 5.72. The first-order valence-corrected chi connectivity index (χ1v) is 9.92. The molecule has 0 N–H and O–H groups in total. The van der Waals surface area contributed by atoms with E-state index in [0.29, 0.717) is 12.4 Å². The van der Waals surface area contributed by atoms with Crippen molar-refractivity contribution in [2.75, 3.05) is 6.61 Å². The van der Waals surface area contributed by atoms with Crippen molar-refractivity contribution in [2.45, 2.75) is 45.4 Å². The molecule has 148 valence electrons. The van der Waals surface area contributed by atoms with Crippen LogP contribution >= 0.6 is 0 Å². The average Bonchev–Trinajstić information content (AvgIpc) is 2.72. The molecule has 0 aliphatic rings. The van der Waals surface area contributed by atoms with E-state index in [4.69, 9.17) is 9.47 Å². The minimum absolute atomic E-state index is 0.376. The first-order chi connectivity index (χ1) is 13.7. The van der Waals surface area contributed by atoms with E-state index in [2.05, 4.69) is 6.92 Å². The Labute approximate surface area is 167 Å². The molecule has 0 aromatic heterocycles. The van der Waals surface area contributed by atoms with Crippen molar-refractivity contribution in [3.05, 3.63) is 66.7 Å². The zero-order chi connectivity index (χ0) is 20.0. The molecule has 0 spiro atoms. The van der Waals surface area contributed by atoms with Gasteiger partial charge in [-0.3, -0.25) is 0 Å². The van der Waals surface area contributed by atoms with Gasteiger partial charge in [-0.1, -0.05) is 87.6 Å². The van der Waals surface area contributed by atoms with Crippen molar-refractivity contribution >= 4 is 11.9 Å². The maximum absolute atomic E-state index is 12.1. The van der Waals surface area contributed by atoms with Gasteiger partial charge >= 0.3 is 11.9 Å². The van der Waals surface area contributed by atoms with Crippen molar-refractivity contribution in [3.63, 3.8) is 0 Å². The fraction of sp³-hybridized carbons (Fsp3) is 0.333. The highest BCUT2D eigenvalue weighted by molar-refractivity contribution is 5.93. The van der Waals surface area contributed by atoms with E-state index in [1.165, 1.54) is 19.3 Å². The molecule has 4 nitrogen and oxygen atoms in total. The Bertz CT molecular complexity index is 765. The van der Waals surface area contributed by atoms with Crippen LogP contribution in [0.25, 0.3) is 11.1 Å². The first-order valence-electron chi connectivity index (χ1n) is 9.92. The molecule has 0 radical (unpaired) electrons. The van der Waals surface area contributed by atoms with Crippen LogP contribution in [0.1, 0.15) is 45.4 Å². The number of rotatable bonds is 11. The fourth-order valence-electron chi connectivity index (χ4n) is 2.79. The molecule has 0 bridgehead atoms. The third-order valence-corrected chi connectivity index (χ3v) is 4.28. The molecule has 0 fully saturated rings. The Morgan fingerprint density at radius 1 is 0.786 bits per heavy atom. The van der Waals surface area contributed by atoms with Crippen LogP contribution in [-0.2, 0) is 14.3 Å². The highest BCUT2D eigenvalue weighted by Crippen LogP contribution is 2.29. The molecule has 0 unspecified atom stereocenters. The quantitative estimate of drug-likeness (QED) is 0.217. The summed E-state index contributed by atoms with van der Waals surface area (Å²) >= 11 is 0. The van der Waals surface area contributed by atoms with E-state index < -0.39 is 11.9 Å². The van der Waals surface area contributed by atoms with Gasteiger partial charge in [0, 0.05) is 17.7 Å². The van der Waals surface area contributed by atoms with Gasteiger partial charge in [0.25, 0.3) is 0 Å². The molecule has 0 amide bonds. The molecular weight excluding hydrogens is 352 g/mol. The summed E-state index contributed by atoms with van der Waals surface area (Å²) in [5.41, 5.74) is 1.77. The lowest BCUT2D eigenvalue weighted by atomic mass is 10.1. The first kappa shape index (κ1) is 21.4. The summed E-state index contributed by atoms with van der Waals surface area (Å²) in [6.07, 6.45) is 8.96. The summed E-state index contributed by atoms with van der Waals surface area (Å²) in [7, 11) is 0. The van der Waals surface area contributed by atoms with Crippen molar-refractivity contribution in [3.8, 4) is 16.9 Å². The average molecular weight is 380 g/mol. The van der Waals surface area contributed by atoms with Gasteiger partial charge in [0.15, 0.2) is 0 Å². The summed E-state index contributed by atoms with van der Waals surface area (Å²) in [5.74, 6) is -0.689. The molecule has 0 heterocycles. The summed E-state index contributed by atoms with van der Waals surface area (Å²) in [6, 6.07) is 17.0. The number of hydrogen-bond acceptors (Lipinski definition) is 4. The van der Waals surface area contributed by atoms with Crippen LogP contribution < -0.4 is 4.74 Å². The number of ether oxygens (including phenoxy) is 2. The molecule has 4 heteroatoms. The minimum atomic E-state index is -0.611. The standard InChI is InChI=1S/C24H28O4/c1-2-3-4-5-6-12-19-27-23(25)17-18-24(26)28-22-16-11-10-15-21(22)20-13-8-7-9-14-20/h7-11,13-18H,2-6,12,19H2,1H3/b18-17+. The Morgan fingerprint density at radius 3 is 2.21 bits per heavy atom. The number of unbranched alkanes of at least 4 members (excludes halogenated alkanes) is 5. The SMILES string of the molecule is CCCCCCCCOC(=O)/C=C/C(=O)Oc1ccccc1-c1ccccc1. The van der Waals surface area contributed by atoms with E-state index in [0.717, 1.165) is 42.5 Å². The molecule has 2 aromatic rings. The van der Waals surface area contributed by atoms with E-state index in [9.17, 15) is 9.59 Å². The van der Waals surface area contributed by atoms with Crippen LogP contribution in [0.15, 0.2) is 66.7 Å². The van der Waals surface area contributed by atoms with Crippen LogP contribution in [0.2, 0.25) is 0 Å². The number of benzene rings is 2. The van der Waals surface area contributed by atoms with Crippen molar-refractivity contribution in [1.82, 2.24) is 0 Å². The Hall–Kier alpha value is -2.88. The molecule has 0 saturated heterocycles. The smallest absolute Gasteiger partial charge is 0.336 e. The highest BCUT2D eigenvalue weighted by Gasteiger charge is 2.09. The van der Waals surface area contributed by atoms with Gasteiger partial charge in [-0.25, -0.2) is 9.59 Å². The molecule has 28 heavy (non-hydrogen) atoms. The Kier molecular flexibility index (Phi) is 9.56. The maximum Gasteiger partial charge on any atom is 0.336 e. The monoisotopic (exact) mass is 380 g/mol. The van der Waals surface area contributed by atoms with Gasteiger partial charge in [-0.05, 0) is 18.1 Å². The van der Waals surface area contributed by atoms with Gasteiger partial charge in [0.2, 0.25) is 0 Å². The lowest BCUT2D eigenvalue weighted by molar-refractivity contribution is -0.138. The Morgan fingerprint density at radius 2 is 1.43 bits per heavy atom. The van der Waals surface area contributed by atoms with Gasteiger partial charge in [-0.15, -0.1) is 0 Å². The van der Waals surface area contributed by atoms with Crippen LogP contribution in [0.5, 0.6) is 5.75 Å². The lowest BCUT2D eigenvalue weighted by Crippen LogP contribution is -2.08. The van der Waals surface area contributed by atoms with Crippen LogP contribution in [0.3, 0.4) is 0 Å². The summed E-state index contributed by atoms with van der Waals surface area (Å²) < 4.78 is 10.5. The molecule has 0 aliphatic heterocycles. The Balaban J connectivity index is 1.79. The molecule has 0 saturated carbocycles. The summed E-state index contributed by atoms with van der Waals surface area (Å²) in [6.45, 7) is 2.56. The van der Waals surface area contributed by atoms with Crippen molar-refractivity contribution in [1.29, 1.82) is 0 Å². The number of para-hydroxylation sites is 1. The number of carbonyl (C=O) groups is 2. The van der Waals surface area contributed by atoms with Crippen LogP contribution in [-0.4, -0.2) is 18.5 Å². The lowest BCUT2D eigenvalue weighted by Gasteiger charge is -2.08. The normalized spacial score (nSPS) is 10.8. The molecular formula is C24H28O4. The van der Waals surface area contributed by atoms with Gasteiger partial charge < -0.3 is 9.47 Å². The molecule has 2 aromatic carbocycles. The van der Waals surface area contributed by atoms with E-state index >= 15 is 0 Å². The van der Waals surface area contributed by atoms with Gasteiger partial charge in [-0.2, -0.15) is 0 Å². The highest BCUT2D eigenvalue weighted by atomic mass is 16.5. The molecule has 0 atom stereocenters. The number of esters is 2. The third kappa shape index (κ3) is 7.78. The largest absolute Gasteiger partial charge is 0.463 e. The maximum atomic E-state index is 12.1. The minimum Gasteiger partial charge on any atom is -0.463 e. The zero-order valence-corrected chi connectivity index (χ0v) is 16.4. The molecule has 0 aliphatic carbocycles. The number of carbonyl (C=O) groups excluding carboxylic acids is 2. The predicted molar refractivity (Wildman–Crippen MR) is 111 cm³/mol. The van der Waals surface area contributed by atoms with Crippen LogP contribution in [0.4, 0.5) is 0 Å². The van der Waals surface area contributed by atoms with Gasteiger partial charge in [0.05, 0.1) is 6.61 Å². The van der Waals surface area contributed by atoms with Crippen molar-refractivity contribution in [2.24, 2.45) is 0 Å². The van der Waals surface area contributed by atoms with Crippen molar-refractivity contribution < 1.29 is 19.1 Å². The van der Waals surface area contributed by atoms with E-state index in [1.807, 2.05) is 42.5 Å². The summed E-state index contributed by atoms with van der Waals surface area (Å²) in [4.78, 5) is 23.8. The number of hydrogen-bond donors (Lipinski definition) is 0. The van der Waals surface area contributed by atoms with E-state index in [-0.39, 0.29) is 0 Å². The second-order valence-electron chi connectivity index (χ2n) is 6.55. The summed E-state index contributed by atoms with van der Waals surface area (Å²) in [5, 5.41) is 0. The zero-order valence-electron chi connectivity index (χ0n) is 16.4. The van der Waals surface area contributed by atoms with Gasteiger partial charge in [0.1, 0.15) is 5.75 Å². The second-order valence-corrected chi connectivity index (χ2v) is 6.55. The molecule has 2 rings (SSSR count). The third-order valence-electron chi connectivity index (χ3n) is 4.28.